The third kappa shape index (κ3) is 1.80. The average molecular weight is 173 g/mol. The molecule has 0 N–H and O–H groups in total. The van der Waals surface area contributed by atoms with Crippen molar-refractivity contribution in [3.8, 4) is 0 Å². The van der Waals surface area contributed by atoms with Crippen LogP contribution in [0.15, 0.2) is 4.99 Å². The van der Waals surface area contributed by atoms with E-state index in [9.17, 15) is 9.59 Å². The summed E-state index contributed by atoms with van der Waals surface area (Å²) >= 11 is 1.08. The van der Waals surface area contributed by atoms with Crippen LogP contribution in [-0.2, 0) is 14.3 Å². The van der Waals surface area contributed by atoms with Crippen LogP contribution < -0.4 is 0 Å². The number of hydrogen-bond acceptors (Lipinski definition) is 4. The zero-order valence-electron chi connectivity index (χ0n) is 5.94. The number of carbonyl (C=O) groups excluding carboxylic acids is 2. The molecule has 1 rings (SSSR count). The lowest BCUT2D eigenvalue weighted by Gasteiger charge is -2.03. The average Bonchev–Trinajstić information content (AvgIpc) is 2.36. The van der Waals surface area contributed by atoms with Gasteiger partial charge in [0.2, 0.25) is 0 Å². The summed E-state index contributed by atoms with van der Waals surface area (Å²) in [5.41, 5.74) is 1.36. The molecule has 0 aromatic heterocycles. The van der Waals surface area contributed by atoms with E-state index in [0.29, 0.717) is 6.61 Å². The second-order valence-electron chi connectivity index (χ2n) is 1.84. The van der Waals surface area contributed by atoms with Crippen LogP contribution in [0.2, 0.25) is 0 Å². The number of esters is 1. The van der Waals surface area contributed by atoms with Gasteiger partial charge >= 0.3 is 5.97 Å². The second kappa shape index (κ2) is 3.52. The normalized spacial score (nSPS) is 22.3. The lowest BCUT2D eigenvalue weighted by molar-refractivity contribution is -0.144. The molecule has 1 unspecified atom stereocenters. The molecule has 0 bridgehead atoms. The van der Waals surface area contributed by atoms with Crippen molar-refractivity contribution < 1.29 is 14.3 Å². The van der Waals surface area contributed by atoms with E-state index in [0.717, 1.165) is 11.8 Å². The minimum absolute atomic E-state index is 0.295. The zero-order valence-corrected chi connectivity index (χ0v) is 6.76. The largest absolute Gasteiger partial charge is 0.465 e. The Balaban J connectivity index is 2.49. The molecule has 1 atom stereocenters. The summed E-state index contributed by atoms with van der Waals surface area (Å²) < 4.78 is 4.64. The number of carbonyl (C=O) groups is 2. The quantitative estimate of drug-likeness (QED) is 0.442. The first-order chi connectivity index (χ1) is 5.25. The molecule has 1 heterocycles. The molecule has 0 aliphatic carbocycles. The van der Waals surface area contributed by atoms with Gasteiger partial charge in [0.15, 0.2) is 5.25 Å². The van der Waals surface area contributed by atoms with E-state index in [1.807, 2.05) is 0 Å². The van der Waals surface area contributed by atoms with Crippen molar-refractivity contribution in [1.82, 2.24) is 0 Å². The smallest absolute Gasteiger partial charge is 0.329 e. The van der Waals surface area contributed by atoms with Gasteiger partial charge in [0, 0.05) is 0 Å². The van der Waals surface area contributed by atoms with Gasteiger partial charge in [0.05, 0.1) is 12.2 Å². The Morgan fingerprint density at radius 3 is 3.09 bits per heavy atom. The zero-order chi connectivity index (χ0) is 8.27. The number of thioether (sulfide) groups is 1. The van der Waals surface area contributed by atoms with Crippen LogP contribution in [-0.4, -0.2) is 29.3 Å². The van der Waals surface area contributed by atoms with Crippen molar-refractivity contribution in [2.75, 3.05) is 6.61 Å². The molecule has 5 heteroatoms. The van der Waals surface area contributed by atoms with Crippen LogP contribution in [0.5, 0.6) is 0 Å². The maximum Gasteiger partial charge on any atom is 0.329 e. The molecule has 0 saturated heterocycles. The predicted octanol–water partition coefficient (Wildman–Crippen LogP) is 0.220. The molecule has 1 amide bonds. The topological polar surface area (TPSA) is 55.7 Å². The van der Waals surface area contributed by atoms with E-state index in [-0.39, 0.29) is 0 Å². The lowest BCUT2D eigenvalue weighted by atomic mass is 10.4. The molecular formula is C6H7NO3S. The number of aliphatic imine (C=N–C) groups is 1. The van der Waals surface area contributed by atoms with Crippen molar-refractivity contribution in [1.29, 1.82) is 0 Å². The summed E-state index contributed by atoms with van der Waals surface area (Å²) in [6, 6.07) is 0. The Kier molecular flexibility index (Phi) is 2.64. The van der Waals surface area contributed by atoms with Crippen LogP contribution in [0, 0.1) is 0 Å². The molecule has 0 fully saturated rings. The first-order valence-corrected chi connectivity index (χ1v) is 4.08. The van der Waals surface area contributed by atoms with Gasteiger partial charge in [-0.2, -0.15) is 0 Å². The minimum Gasteiger partial charge on any atom is -0.465 e. The fourth-order valence-electron chi connectivity index (χ4n) is 0.643. The fraction of sp³-hybridized carbons (Fsp3) is 0.500. The van der Waals surface area contributed by atoms with Crippen LogP contribution in [0.3, 0.4) is 0 Å². The van der Waals surface area contributed by atoms with E-state index in [2.05, 4.69) is 9.73 Å². The highest BCUT2D eigenvalue weighted by Crippen LogP contribution is 2.17. The number of amides is 1. The monoisotopic (exact) mass is 173 g/mol. The summed E-state index contributed by atoms with van der Waals surface area (Å²) in [6.45, 7) is 1.99. The fourth-order valence-corrected chi connectivity index (χ4v) is 1.29. The van der Waals surface area contributed by atoms with Gasteiger partial charge in [-0.15, -0.1) is 0 Å². The standard InChI is InChI=1S/C6H7NO3S/c1-2-10-6(9)4-5(8)7-3-11-4/h3-4H,2H2,1H3. The summed E-state index contributed by atoms with van der Waals surface area (Å²) in [6.07, 6.45) is 0. The van der Waals surface area contributed by atoms with E-state index < -0.39 is 17.1 Å². The van der Waals surface area contributed by atoms with E-state index >= 15 is 0 Å². The Morgan fingerprint density at radius 2 is 2.64 bits per heavy atom. The van der Waals surface area contributed by atoms with Crippen LogP contribution in [0.25, 0.3) is 0 Å². The molecule has 0 radical (unpaired) electrons. The number of ether oxygens (including phenoxy) is 1. The summed E-state index contributed by atoms with van der Waals surface area (Å²) in [5, 5.41) is -0.755. The van der Waals surface area contributed by atoms with Gasteiger partial charge in [-0.1, -0.05) is 11.8 Å². The SMILES string of the molecule is CCOC(=O)C1SC=NC1=O. The van der Waals surface area contributed by atoms with Gasteiger partial charge in [0.1, 0.15) is 0 Å². The molecule has 0 aromatic rings. The molecule has 60 valence electrons. The Morgan fingerprint density at radius 1 is 1.91 bits per heavy atom. The van der Waals surface area contributed by atoms with Crippen molar-refractivity contribution in [3.05, 3.63) is 0 Å². The molecule has 0 aromatic carbocycles. The van der Waals surface area contributed by atoms with Crippen molar-refractivity contribution >= 4 is 29.2 Å². The van der Waals surface area contributed by atoms with E-state index in [1.54, 1.807) is 6.92 Å². The molecule has 1 aliphatic heterocycles. The molecule has 1 aliphatic rings. The number of rotatable bonds is 2. The van der Waals surface area contributed by atoms with Crippen molar-refractivity contribution in [3.63, 3.8) is 0 Å². The molecular weight excluding hydrogens is 166 g/mol. The van der Waals surface area contributed by atoms with Gasteiger partial charge in [0.25, 0.3) is 5.91 Å². The molecule has 0 saturated carbocycles. The van der Waals surface area contributed by atoms with Gasteiger partial charge < -0.3 is 4.74 Å². The van der Waals surface area contributed by atoms with E-state index in [4.69, 9.17) is 0 Å². The summed E-state index contributed by atoms with van der Waals surface area (Å²) in [7, 11) is 0. The van der Waals surface area contributed by atoms with Crippen LogP contribution in [0.1, 0.15) is 6.92 Å². The van der Waals surface area contributed by atoms with E-state index in [1.165, 1.54) is 5.55 Å². The minimum atomic E-state index is -0.755. The second-order valence-corrected chi connectivity index (χ2v) is 2.80. The highest BCUT2D eigenvalue weighted by atomic mass is 32.2. The predicted molar refractivity (Wildman–Crippen MR) is 41.5 cm³/mol. The summed E-state index contributed by atoms with van der Waals surface area (Å²) in [4.78, 5) is 25.1. The van der Waals surface area contributed by atoms with Crippen LogP contribution >= 0.6 is 11.8 Å². The Hall–Kier alpha value is -0.840. The summed E-state index contributed by atoms with van der Waals surface area (Å²) in [5.74, 6) is -0.923. The molecule has 0 spiro atoms. The van der Waals surface area contributed by atoms with Gasteiger partial charge in [-0.25, -0.2) is 4.99 Å². The maximum absolute atomic E-state index is 10.9. The number of hydrogen-bond donors (Lipinski definition) is 0. The third-order valence-corrected chi connectivity index (χ3v) is 2.00. The number of nitrogens with zero attached hydrogens (tertiary/aromatic N) is 1. The maximum atomic E-state index is 10.9. The van der Waals surface area contributed by atoms with Crippen LogP contribution in [0.4, 0.5) is 0 Å². The molecule has 11 heavy (non-hydrogen) atoms. The Labute approximate surface area is 68.0 Å². The first-order valence-electron chi connectivity index (χ1n) is 3.14. The first kappa shape index (κ1) is 8.26. The molecule has 4 nitrogen and oxygen atoms in total. The Bertz CT molecular complexity index is 214. The third-order valence-electron chi connectivity index (χ3n) is 1.10. The lowest BCUT2D eigenvalue weighted by Crippen LogP contribution is -2.24. The highest BCUT2D eigenvalue weighted by Gasteiger charge is 2.31. The highest BCUT2D eigenvalue weighted by molar-refractivity contribution is 8.14. The van der Waals surface area contributed by atoms with Crippen molar-refractivity contribution in [2.45, 2.75) is 12.2 Å². The van der Waals surface area contributed by atoms with Crippen molar-refractivity contribution in [2.24, 2.45) is 4.99 Å². The van der Waals surface area contributed by atoms with Gasteiger partial charge in [-0.3, -0.25) is 9.59 Å². The van der Waals surface area contributed by atoms with Gasteiger partial charge in [-0.05, 0) is 6.92 Å².